The number of carbonyl (C=O) groups excluding carboxylic acids is 1. The van der Waals surface area contributed by atoms with Crippen LogP contribution in [0, 0.1) is 0 Å². The molecule has 0 aliphatic heterocycles. The second-order valence-electron chi connectivity index (χ2n) is 4.51. The molecule has 7 nitrogen and oxygen atoms in total. The van der Waals surface area contributed by atoms with E-state index in [-0.39, 0.29) is 31.2 Å². The number of hydrogen-bond donors (Lipinski definition) is 2. The number of nitrogens with one attached hydrogen (secondary N) is 2. The van der Waals surface area contributed by atoms with Crippen molar-refractivity contribution >= 4 is 15.9 Å². The maximum atomic E-state index is 11.8. The fourth-order valence-electron chi connectivity index (χ4n) is 1.75. The molecule has 0 unspecified atom stereocenters. The van der Waals surface area contributed by atoms with Crippen molar-refractivity contribution in [3.05, 3.63) is 23.8 Å². The van der Waals surface area contributed by atoms with Crippen molar-refractivity contribution in [3.8, 4) is 11.5 Å². The number of benzene rings is 1. The van der Waals surface area contributed by atoms with Crippen molar-refractivity contribution in [2.24, 2.45) is 0 Å². The summed E-state index contributed by atoms with van der Waals surface area (Å²) in [6.45, 7) is 1.97. The van der Waals surface area contributed by atoms with Crippen LogP contribution in [-0.4, -0.2) is 47.4 Å². The minimum Gasteiger partial charge on any atom is -0.493 e. The van der Waals surface area contributed by atoms with E-state index >= 15 is 0 Å². The van der Waals surface area contributed by atoms with Crippen LogP contribution >= 0.6 is 0 Å². The van der Waals surface area contributed by atoms with Crippen molar-refractivity contribution in [1.29, 1.82) is 0 Å². The molecule has 0 saturated heterocycles. The number of sulfonamides is 1. The molecule has 0 atom stereocenters. The summed E-state index contributed by atoms with van der Waals surface area (Å²) in [6.07, 6.45) is 0.181. The van der Waals surface area contributed by atoms with Gasteiger partial charge >= 0.3 is 0 Å². The van der Waals surface area contributed by atoms with Gasteiger partial charge in [-0.05, 0) is 24.6 Å². The number of hydrogen-bond acceptors (Lipinski definition) is 5. The number of amides is 1. The van der Waals surface area contributed by atoms with Crippen LogP contribution in [0.2, 0.25) is 0 Å². The molecule has 22 heavy (non-hydrogen) atoms. The number of methoxy groups -OCH3 is 2. The predicted octanol–water partition coefficient (Wildman–Crippen LogP) is 0.302. The molecule has 2 N–H and O–H groups in total. The van der Waals surface area contributed by atoms with Crippen molar-refractivity contribution < 1.29 is 22.7 Å². The fraction of sp³-hybridized carbons (Fsp3) is 0.500. The number of rotatable bonds is 9. The molecular weight excluding hydrogens is 308 g/mol. The normalized spacial score (nSPS) is 11.0. The first-order valence-electron chi connectivity index (χ1n) is 6.86. The summed E-state index contributed by atoms with van der Waals surface area (Å²) in [6, 6.07) is 5.25. The van der Waals surface area contributed by atoms with Gasteiger partial charge in [0.25, 0.3) is 0 Å². The lowest BCUT2D eigenvalue weighted by atomic mass is 10.1. The molecule has 0 spiro atoms. The van der Waals surface area contributed by atoms with E-state index in [1.165, 1.54) is 7.11 Å². The zero-order chi connectivity index (χ0) is 16.6. The average Bonchev–Trinajstić information content (AvgIpc) is 2.51. The maximum absolute atomic E-state index is 11.8. The molecule has 0 heterocycles. The first kappa shape index (κ1) is 18.2. The Kier molecular flexibility index (Phi) is 7.13. The zero-order valence-corrected chi connectivity index (χ0v) is 13.8. The van der Waals surface area contributed by atoms with Crippen LogP contribution in [-0.2, 0) is 21.2 Å². The average molecular weight is 330 g/mol. The van der Waals surface area contributed by atoms with E-state index in [0.29, 0.717) is 11.5 Å². The monoisotopic (exact) mass is 330 g/mol. The third-order valence-corrected chi connectivity index (χ3v) is 4.37. The summed E-state index contributed by atoms with van der Waals surface area (Å²) in [5, 5.41) is 2.66. The highest BCUT2D eigenvalue weighted by Crippen LogP contribution is 2.27. The summed E-state index contributed by atoms with van der Waals surface area (Å²) >= 11 is 0. The largest absolute Gasteiger partial charge is 0.493 e. The Balaban J connectivity index is 2.45. The Morgan fingerprint density at radius 1 is 1.14 bits per heavy atom. The minimum absolute atomic E-state index is 0.0204. The van der Waals surface area contributed by atoms with Crippen LogP contribution in [0.25, 0.3) is 0 Å². The molecule has 124 valence electrons. The molecule has 0 aliphatic carbocycles. The van der Waals surface area contributed by atoms with E-state index in [1.807, 2.05) is 0 Å². The Bertz CT molecular complexity index is 601. The van der Waals surface area contributed by atoms with Gasteiger partial charge in [0.2, 0.25) is 15.9 Å². The SMILES string of the molecule is CCS(=O)(=O)NCCNC(=O)Cc1ccc(OC)c(OC)c1. The summed E-state index contributed by atoms with van der Waals surface area (Å²) in [7, 11) is -0.152. The van der Waals surface area contributed by atoms with Gasteiger partial charge in [-0.3, -0.25) is 4.79 Å². The molecule has 0 saturated carbocycles. The Labute approximate surface area is 131 Å². The maximum Gasteiger partial charge on any atom is 0.224 e. The quantitative estimate of drug-likeness (QED) is 0.635. The van der Waals surface area contributed by atoms with E-state index < -0.39 is 10.0 Å². The van der Waals surface area contributed by atoms with Gasteiger partial charge in [-0.25, -0.2) is 13.1 Å². The topological polar surface area (TPSA) is 93.7 Å². The molecule has 0 fully saturated rings. The highest BCUT2D eigenvalue weighted by molar-refractivity contribution is 7.89. The molecule has 0 aromatic heterocycles. The highest BCUT2D eigenvalue weighted by Gasteiger charge is 2.09. The first-order valence-corrected chi connectivity index (χ1v) is 8.52. The number of carbonyl (C=O) groups is 1. The summed E-state index contributed by atoms with van der Waals surface area (Å²) in [5.74, 6) is 0.985. The third-order valence-electron chi connectivity index (χ3n) is 2.96. The molecule has 8 heteroatoms. The van der Waals surface area contributed by atoms with Gasteiger partial charge in [0, 0.05) is 13.1 Å². The zero-order valence-electron chi connectivity index (χ0n) is 13.0. The molecule has 0 aliphatic rings. The van der Waals surface area contributed by atoms with Gasteiger partial charge in [-0.2, -0.15) is 0 Å². The first-order chi connectivity index (χ1) is 10.4. The molecular formula is C14H22N2O5S. The van der Waals surface area contributed by atoms with Crippen molar-refractivity contribution in [3.63, 3.8) is 0 Å². The molecule has 1 aromatic carbocycles. The van der Waals surface area contributed by atoms with Crippen LogP contribution in [0.5, 0.6) is 11.5 Å². The summed E-state index contributed by atoms with van der Waals surface area (Å²) < 4.78 is 35.1. The van der Waals surface area contributed by atoms with Crippen molar-refractivity contribution in [1.82, 2.24) is 10.0 Å². The van der Waals surface area contributed by atoms with Crippen LogP contribution < -0.4 is 19.5 Å². The summed E-state index contributed by atoms with van der Waals surface area (Å²) in [4.78, 5) is 11.8. The van der Waals surface area contributed by atoms with Crippen LogP contribution in [0.15, 0.2) is 18.2 Å². The van der Waals surface area contributed by atoms with E-state index in [9.17, 15) is 13.2 Å². The van der Waals surface area contributed by atoms with E-state index in [2.05, 4.69) is 10.0 Å². The predicted molar refractivity (Wildman–Crippen MR) is 83.7 cm³/mol. The van der Waals surface area contributed by atoms with E-state index in [1.54, 1.807) is 32.2 Å². The second-order valence-corrected chi connectivity index (χ2v) is 6.61. The molecule has 0 radical (unpaired) electrons. The third kappa shape index (κ3) is 5.90. The van der Waals surface area contributed by atoms with Gasteiger partial charge < -0.3 is 14.8 Å². The standard InChI is InChI=1S/C14H22N2O5S/c1-4-22(18,19)16-8-7-15-14(17)10-11-5-6-12(20-2)13(9-11)21-3/h5-6,9,16H,4,7-8,10H2,1-3H3,(H,15,17). The molecule has 1 amide bonds. The van der Waals surface area contributed by atoms with Gasteiger partial charge in [0.05, 0.1) is 26.4 Å². The van der Waals surface area contributed by atoms with Gasteiger partial charge in [0.1, 0.15) is 0 Å². The van der Waals surface area contributed by atoms with Gasteiger partial charge in [-0.1, -0.05) is 6.07 Å². The molecule has 1 rings (SSSR count). The second kappa shape index (κ2) is 8.60. The smallest absolute Gasteiger partial charge is 0.224 e. The van der Waals surface area contributed by atoms with Crippen molar-refractivity contribution in [2.75, 3.05) is 33.1 Å². The lowest BCUT2D eigenvalue weighted by Crippen LogP contribution is -2.35. The molecule has 1 aromatic rings. The summed E-state index contributed by atoms with van der Waals surface area (Å²) in [5.41, 5.74) is 0.782. The van der Waals surface area contributed by atoms with E-state index in [4.69, 9.17) is 9.47 Å². The number of ether oxygens (including phenoxy) is 2. The van der Waals surface area contributed by atoms with Gasteiger partial charge in [0.15, 0.2) is 11.5 Å². The Morgan fingerprint density at radius 2 is 1.82 bits per heavy atom. The minimum atomic E-state index is -3.22. The van der Waals surface area contributed by atoms with Crippen LogP contribution in [0.4, 0.5) is 0 Å². The van der Waals surface area contributed by atoms with Crippen molar-refractivity contribution in [2.45, 2.75) is 13.3 Å². The van der Waals surface area contributed by atoms with Gasteiger partial charge in [-0.15, -0.1) is 0 Å². The lowest BCUT2D eigenvalue weighted by Gasteiger charge is -2.10. The fourth-order valence-corrected chi connectivity index (χ4v) is 2.37. The highest BCUT2D eigenvalue weighted by atomic mass is 32.2. The van der Waals surface area contributed by atoms with E-state index in [0.717, 1.165) is 5.56 Å². The Morgan fingerprint density at radius 3 is 2.41 bits per heavy atom. The Hall–Kier alpha value is -1.80. The molecule has 0 bridgehead atoms. The lowest BCUT2D eigenvalue weighted by molar-refractivity contribution is -0.120. The van der Waals surface area contributed by atoms with Crippen LogP contribution in [0.1, 0.15) is 12.5 Å². The van der Waals surface area contributed by atoms with Crippen LogP contribution in [0.3, 0.4) is 0 Å².